The number of carbonyl (C=O) groups is 2. The fourth-order valence-electron chi connectivity index (χ4n) is 3.45. The average Bonchev–Trinajstić information content (AvgIpc) is 3.28. The summed E-state index contributed by atoms with van der Waals surface area (Å²) in [4.78, 5) is 30.1. The summed E-state index contributed by atoms with van der Waals surface area (Å²) in [7, 11) is -1.30. The Balaban J connectivity index is 1.41. The molecule has 2 fully saturated rings. The number of piperazine rings is 1. The van der Waals surface area contributed by atoms with Crippen LogP contribution in [-0.2, 0) is 14.6 Å². The Morgan fingerprint density at radius 3 is 2.58 bits per heavy atom. The molecular formula is C17H25N3O5S. The van der Waals surface area contributed by atoms with Gasteiger partial charge in [-0.05, 0) is 18.6 Å². The van der Waals surface area contributed by atoms with Crippen molar-refractivity contribution >= 4 is 21.7 Å². The fraction of sp³-hybridized carbons (Fsp3) is 0.647. The highest BCUT2D eigenvalue weighted by Crippen LogP contribution is 2.17. The smallest absolute Gasteiger partial charge is 0.289 e. The summed E-state index contributed by atoms with van der Waals surface area (Å²) in [6, 6.07) is 3.16. The molecule has 2 aliphatic heterocycles. The Morgan fingerprint density at radius 2 is 2.00 bits per heavy atom. The first kappa shape index (κ1) is 18.9. The number of amides is 2. The van der Waals surface area contributed by atoms with Crippen molar-refractivity contribution in [2.75, 3.05) is 51.3 Å². The molecule has 1 atom stereocenters. The second-order valence-corrected chi connectivity index (χ2v) is 9.15. The van der Waals surface area contributed by atoms with E-state index in [0.717, 1.165) is 0 Å². The first-order chi connectivity index (χ1) is 12.4. The first-order valence-electron chi connectivity index (χ1n) is 8.87. The minimum absolute atomic E-state index is 0.0267. The van der Waals surface area contributed by atoms with Crippen LogP contribution in [0.3, 0.4) is 0 Å². The Hall–Kier alpha value is -1.87. The third-order valence-electron chi connectivity index (χ3n) is 5.18. The van der Waals surface area contributed by atoms with Gasteiger partial charge in [-0.15, -0.1) is 0 Å². The van der Waals surface area contributed by atoms with Crippen LogP contribution < -0.4 is 0 Å². The van der Waals surface area contributed by atoms with E-state index in [1.165, 1.54) is 6.26 Å². The van der Waals surface area contributed by atoms with Crippen molar-refractivity contribution in [2.45, 2.75) is 18.9 Å². The third-order valence-corrected chi connectivity index (χ3v) is 6.93. The van der Waals surface area contributed by atoms with Gasteiger partial charge in [0.15, 0.2) is 15.6 Å². The molecule has 1 unspecified atom stereocenters. The highest BCUT2D eigenvalue weighted by molar-refractivity contribution is 7.91. The largest absolute Gasteiger partial charge is 0.459 e. The van der Waals surface area contributed by atoms with Gasteiger partial charge in [0.05, 0.1) is 17.8 Å². The number of rotatable bonds is 5. The van der Waals surface area contributed by atoms with E-state index in [1.807, 2.05) is 0 Å². The normalized spacial score (nSPS) is 23.1. The highest BCUT2D eigenvalue weighted by atomic mass is 32.2. The maximum atomic E-state index is 12.3. The monoisotopic (exact) mass is 383 g/mol. The number of carbonyl (C=O) groups excluding carboxylic acids is 2. The third kappa shape index (κ3) is 4.45. The van der Waals surface area contributed by atoms with Crippen LogP contribution in [-0.4, -0.2) is 92.3 Å². The minimum atomic E-state index is -2.99. The molecule has 0 radical (unpaired) electrons. The summed E-state index contributed by atoms with van der Waals surface area (Å²) in [5.74, 6) is 0.458. The lowest BCUT2D eigenvalue weighted by Crippen LogP contribution is -2.49. The molecule has 0 aliphatic carbocycles. The Labute approximate surface area is 153 Å². The molecule has 2 aliphatic rings. The predicted molar refractivity (Wildman–Crippen MR) is 95.5 cm³/mol. The van der Waals surface area contributed by atoms with Gasteiger partial charge in [-0.1, -0.05) is 0 Å². The molecule has 0 saturated carbocycles. The zero-order valence-corrected chi connectivity index (χ0v) is 15.8. The Kier molecular flexibility index (Phi) is 5.67. The molecule has 0 aromatic carbocycles. The standard InChI is InChI=1S/C17H25N3O5S/c1-18(14-5-12-26(23,24)13-14)16(21)4-6-19-7-9-20(10-8-19)17(22)15-3-2-11-25-15/h2-3,11,14H,4-10,12-13H2,1H3. The number of hydrogen-bond donors (Lipinski definition) is 0. The van der Waals surface area contributed by atoms with Crippen LogP contribution in [0.2, 0.25) is 0 Å². The summed E-state index contributed by atoms with van der Waals surface area (Å²) in [5.41, 5.74) is 0. The second-order valence-electron chi connectivity index (χ2n) is 6.92. The quantitative estimate of drug-likeness (QED) is 0.715. The van der Waals surface area contributed by atoms with Gasteiger partial charge in [0.2, 0.25) is 5.91 Å². The van der Waals surface area contributed by atoms with Crippen molar-refractivity contribution in [3.8, 4) is 0 Å². The lowest BCUT2D eigenvalue weighted by atomic mass is 10.2. The molecule has 8 nitrogen and oxygen atoms in total. The molecule has 0 N–H and O–H groups in total. The number of hydrogen-bond acceptors (Lipinski definition) is 6. The maximum absolute atomic E-state index is 12.3. The lowest BCUT2D eigenvalue weighted by Gasteiger charge is -2.34. The van der Waals surface area contributed by atoms with Gasteiger partial charge in [0, 0.05) is 52.2 Å². The zero-order chi connectivity index (χ0) is 18.7. The van der Waals surface area contributed by atoms with Crippen molar-refractivity contribution < 1.29 is 22.4 Å². The topological polar surface area (TPSA) is 91.1 Å². The summed E-state index contributed by atoms with van der Waals surface area (Å²) < 4.78 is 28.3. The van der Waals surface area contributed by atoms with E-state index in [0.29, 0.717) is 51.3 Å². The van der Waals surface area contributed by atoms with E-state index < -0.39 is 9.84 Å². The second kappa shape index (κ2) is 7.79. The van der Waals surface area contributed by atoms with Crippen molar-refractivity contribution in [1.82, 2.24) is 14.7 Å². The molecule has 3 rings (SSSR count). The average molecular weight is 383 g/mol. The predicted octanol–water partition coefficient (Wildman–Crippen LogP) is 0.0730. The highest BCUT2D eigenvalue weighted by Gasteiger charge is 2.32. The van der Waals surface area contributed by atoms with E-state index >= 15 is 0 Å². The van der Waals surface area contributed by atoms with Crippen LogP contribution in [0, 0.1) is 0 Å². The molecule has 1 aromatic rings. The first-order valence-corrected chi connectivity index (χ1v) is 10.7. The van der Waals surface area contributed by atoms with Gasteiger partial charge < -0.3 is 14.2 Å². The van der Waals surface area contributed by atoms with Crippen LogP contribution in [0.4, 0.5) is 0 Å². The molecule has 2 saturated heterocycles. The Bertz CT molecular complexity index is 738. The number of nitrogens with zero attached hydrogens (tertiary/aromatic N) is 3. The van der Waals surface area contributed by atoms with Crippen LogP contribution in [0.25, 0.3) is 0 Å². The molecule has 0 bridgehead atoms. The van der Waals surface area contributed by atoms with Gasteiger partial charge in [-0.25, -0.2) is 8.42 Å². The van der Waals surface area contributed by atoms with Crippen molar-refractivity contribution in [3.63, 3.8) is 0 Å². The molecular weight excluding hydrogens is 358 g/mol. The summed E-state index contributed by atoms with van der Waals surface area (Å²) in [6.45, 7) is 3.24. The lowest BCUT2D eigenvalue weighted by molar-refractivity contribution is -0.132. The molecule has 2 amide bonds. The molecule has 9 heteroatoms. The van der Waals surface area contributed by atoms with Crippen LogP contribution in [0.15, 0.2) is 22.8 Å². The molecule has 1 aromatic heterocycles. The summed E-state index contributed by atoms with van der Waals surface area (Å²) >= 11 is 0. The summed E-state index contributed by atoms with van der Waals surface area (Å²) in [6.07, 6.45) is 2.37. The van der Waals surface area contributed by atoms with E-state index in [9.17, 15) is 18.0 Å². The van der Waals surface area contributed by atoms with Crippen molar-refractivity contribution in [1.29, 1.82) is 0 Å². The zero-order valence-electron chi connectivity index (χ0n) is 15.0. The van der Waals surface area contributed by atoms with Crippen molar-refractivity contribution in [3.05, 3.63) is 24.2 Å². The van der Waals surface area contributed by atoms with Crippen LogP contribution >= 0.6 is 0 Å². The van der Waals surface area contributed by atoms with Gasteiger partial charge >= 0.3 is 0 Å². The molecule has 26 heavy (non-hydrogen) atoms. The van der Waals surface area contributed by atoms with Gasteiger partial charge in [0.1, 0.15) is 0 Å². The van der Waals surface area contributed by atoms with Gasteiger partial charge in [-0.3, -0.25) is 14.5 Å². The van der Waals surface area contributed by atoms with E-state index in [1.54, 1.807) is 29.0 Å². The van der Waals surface area contributed by atoms with Crippen LogP contribution in [0.1, 0.15) is 23.4 Å². The van der Waals surface area contributed by atoms with Gasteiger partial charge in [0.25, 0.3) is 5.91 Å². The van der Waals surface area contributed by atoms with Crippen molar-refractivity contribution in [2.24, 2.45) is 0 Å². The molecule has 3 heterocycles. The molecule has 0 spiro atoms. The number of sulfone groups is 1. The number of furan rings is 1. The minimum Gasteiger partial charge on any atom is -0.459 e. The fourth-order valence-corrected chi connectivity index (χ4v) is 5.22. The van der Waals surface area contributed by atoms with Crippen LogP contribution in [0.5, 0.6) is 0 Å². The van der Waals surface area contributed by atoms with E-state index in [2.05, 4.69) is 4.90 Å². The Morgan fingerprint density at radius 1 is 1.27 bits per heavy atom. The molecule has 144 valence electrons. The van der Waals surface area contributed by atoms with E-state index in [4.69, 9.17) is 4.42 Å². The maximum Gasteiger partial charge on any atom is 0.289 e. The van der Waals surface area contributed by atoms with Gasteiger partial charge in [-0.2, -0.15) is 0 Å². The van der Waals surface area contributed by atoms with E-state index in [-0.39, 0.29) is 29.4 Å². The summed E-state index contributed by atoms with van der Waals surface area (Å²) in [5, 5.41) is 0. The SMILES string of the molecule is CN(C(=O)CCN1CCN(C(=O)c2ccco2)CC1)C1CCS(=O)(=O)C1.